The Labute approximate surface area is 362 Å². The Morgan fingerprint density at radius 3 is 1.63 bits per heavy atom. The van der Waals surface area contributed by atoms with E-state index in [1.807, 2.05) is 60.7 Å². The third-order valence-electron chi connectivity index (χ3n) is 13.4. The zero-order valence-electron chi connectivity index (χ0n) is 33.8. The van der Waals surface area contributed by atoms with Crippen LogP contribution in [0.2, 0.25) is 0 Å². The van der Waals surface area contributed by atoms with Gasteiger partial charge in [0.15, 0.2) is 17.5 Å². The molecule has 0 aliphatic heterocycles. The number of hydrogen-bond donors (Lipinski definition) is 0. The minimum Gasteiger partial charge on any atom is -0.456 e. The van der Waals surface area contributed by atoms with Crippen molar-refractivity contribution in [2.24, 2.45) is 0 Å². The molecule has 0 bridgehead atoms. The van der Waals surface area contributed by atoms with E-state index >= 15 is 0 Å². The van der Waals surface area contributed by atoms with Gasteiger partial charge in [-0.05, 0) is 93.0 Å². The quantitative estimate of drug-likeness (QED) is 0.178. The molecule has 5 nitrogen and oxygen atoms in total. The maximum Gasteiger partial charge on any atom is 0.164 e. The summed E-state index contributed by atoms with van der Waals surface area (Å²) in [5, 5.41) is 4.66. The molecule has 0 amide bonds. The van der Waals surface area contributed by atoms with Crippen LogP contribution in [-0.2, 0) is 5.41 Å². The summed E-state index contributed by atoms with van der Waals surface area (Å²) in [7, 11) is 0. The highest BCUT2D eigenvalue weighted by Gasteiger charge is 2.53. The Morgan fingerprint density at radius 2 is 0.952 bits per heavy atom. The molecular formula is C58H34N4O. The van der Waals surface area contributed by atoms with Gasteiger partial charge in [0.05, 0.1) is 16.4 Å². The van der Waals surface area contributed by atoms with Gasteiger partial charge in [0.2, 0.25) is 0 Å². The van der Waals surface area contributed by atoms with Gasteiger partial charge in [-0.1, -0.05) is 158 Å². The molecule has 292 valence electrons. The van der Waals surface area contributed by atoms with Crippen molar-refractivity contribution < 1.29 is 4.42 Å². The number of benzene rings is 9. The van der Waals surface area contributed by atoms with E-state index in [4.69, 9.17) is 19.4 Å². The highest BCUT2D eigenvalue weighted by molar-refractivity contribution is 6.17. The predicted molar refractivity (Wildman–Crippen MR) is 254 cm³/mol. The fraction of sp³-hybridized carbons (Fsp3) is 0.0172. The van der Waals surface area contributed by atoms with Crippen LogP contribution >= 0.6 is 0 Å². The molecule has 0 unspecified atom stereocenters. The average molecular weight is 803 g/mol. The molecule has 2 aliphatic carbocycles. The largest absolute Gasteiger partial charge is 0.456 e. The van der Waals surface area contributed by atoms with Crippen molar-refractivity contribution in [2.45, 2.75) is 5.41 Å². The number of fused-ring (bicyclic) bond motifs is 17. The van der Waals surface area contributed by atoms with E-state index in [9.17, 15) is 0 Å². The van der Waals surface area contributed by atoms with Crippen LogP contribution in [0.4, 0.5) is 0 Å². The molecule has 0 N–H and O–H groups in total. The maximum absolute atomic E-state index is 6.97. The summed E-state index contributed by atoms with van der Waals surface area (Å²) in [6.45, 7) is 0. The molecule has 0 fully saturated rings. The van der Waals surface area contributed by atoms with Crippen LogP contribution in [0.15, 0.2) is 211 Å². The van der Waals surface area contributed by atoms with E-state index in [-0.39, 0.29) is 0 Å². The normalized spacial score (nSPS) is 13.2. The van der Waals surface area contributed by atoms with Gasteiger partial charge in [0.1, 0.15) is 11.2 Å². The smallest absolute Gasteiger partial charge is 0.164 e. The topological polar surface area (TPSA) is 56.7 Å². The van der Waals surface area contributed by atoms with Gasteiger partial charge < -0.3 is 8.98 Å². The van der Waals surface area contributed by atoms with E-state index in [1.54, 1.807) is 0 Å². The molecule has 12 aromatic rings. The first kappa shape index (κ1) is 34.3. The molecule has 0 saturated heterocycles. The molecule has 1 spiro atoms. The van der Waals surface area contributed by atoms with Gasteiger partial charge in [0.25, 0.3) is 0 Å². The van der Waals surface area contributed by atoms with Crippen molar-refractivity contribution in [3.8, 4) is 62.1 Å². The molecule has 2 aliphatic rings. The Hall–Kier alpha value is -8.41. The van der Waals surface area contributed by atoms with Crippen molar-refractivity contribution in [3.63, 3.8) is 0 Å². The van der Waals surface area contributed by atoms with Crippen LogP contribution < -0.4 is 0 Å². The molecule has 0 saturated carbocycles. The number of furan rings is 1. The maximum atomic E-state index is 6.97. The predicted octanol–water partition coefficient (Wildman–Crippen LogP) is 14.2. The Kier molecular flexibility index (Phi) is 6.97. The van der Waals surface area contributed by atoms with Crippen molar-refractivity contribution in [1.29, 1.82) is 0 Å². The van der Waals surface area contributed by atoms with E-state index in [2.05, 4.69) is 150 Å². The Balaban J connectivity index is 1.06. The Morgan fingerprint density at radius 1 is 0.365 bits per heavy atom. The lowest BCUT2D eigenvalue weighted by Gasteiger charge is -2.31. The third-order valence-corrected chi connectivity index (χ3v) is 13.4. The van der Waals surface area contributed by atoms with Gasteiger partial charge in [-0.25, -0.2) is 15.0 Å². The first-order valence-electron chi connectivity index (χ1n) is 21.4. The fourth-order valence-electron chi connectivity index (χ4n) is 10.9. The summed E-state index contributed by atoms with van der Waals surface area (Å²) in [5.74, 6) is 1.84. The lowest BCUT2D eigenvalue weighted by atomic mass is 9.69. The van der Waals surface area contributed by atoms with Gasteiger partial charge in [-0.3, -0.25) is 0 Å². The molecular weight excluding hydrogens is 769 g/mol. The zero-order valence-corrected chi connectivity index (χ0v) is 33.8. The molecule has 0 atom stereocenters. The minimum absolute atomic E-state index is 0.593. The van der Waals surface area contributed by atoms with Crippen LogP contribution in [0.1, 0.15) is 22.3 Å². The second-order valence-electron chi connectivity index (χ2n) is 16.7. The minimum atomic E-state index is -0.609. The van der Waals surface area contributed by atoms with Crippen molar-refractivity contribution in [2.75, 3.05) is 0 Å². The highest BCUT2D eigenvalue weighted by atomic mass is 16.3. The van der Waals surface area contributed by atoms with Crippen LogP contribution in [-0.4, -0.2) is 19.5 Å². The van der Waals surface area contributed by atoms with Crippen LogP contribution in [0.5, 0.6) is 0 Å². The van der Waals surface area contributed by atoms with Gasteiger partial charge in [-0.2, -0.15) is 0 Å². The summed E-state index contributed by atoms with van der Waals surface area (Å²) in [5.41, 5.74) is 17.4. The molecule has 3 aromatic heterocycles. The molecule has 3 heterocycles. The van der Waals surface area contributed by atoms with E-state index in [0.717, 1.165) is 44.3 Å². The zero-order chi connectivity index (χ0) is 41.2. The highest BCUT2D eigenvalue weighted by Crippen LogP contribution is 2.65. The molecule has 0 radical (unpaired) electrons. The molecule has 9 aromatic carbocycles. The van der Waals surface area contributed by atoms with E-state index < -0.39 is 5.41 Å². The van der Waals surface area contributed by atoms with Crippen LogP contribution in [0.3, 0.4) is 0 Å². The van der Waals surface area contributed by atoms with Crippen molar-refractivity contribution in [1.82, 2.24) is 19.5 Å². The third kappa shape index (κ3) is 4.68. The molecule has 5 heteroatoms. The van der Waals surface area contributed by atoms with Gasteiger partial charge in [0, 0.05) is 43.9 Å². The van der Waals surface area contributed by atoms with Crippen molar-refractivity contribution in [3.05, 3.63) is 229 Å². The monoisotopic (exact) mass is 802 g/mol. The fourth-order valence-corrected chi connectivity index (χ4v) is 10.9. The summed E-state index contributed by atoms with van der Waals surface area (Å²) < 4.78 is 9.41. The second kappa shape index (κ2) is 12.8. The van der Waals surface area contributed by atoms with Gasteiger partial charge >= 0.3 is 0 Å². The number of para-hydroxylation sites is 2. The first-order valence-corrected chi connectivity index (χ1v) is 21.4. The number of hydrogen-bond acceptors (Lipinski definition) is 4. The lowest BCUT2D eigenvalue weighted by Crippen LogP contribution is -2.26. The average Bonchev–Trinajstić information content (AvgIpc) is 4.07. The number of nitrogens with zero attached hydrogens (tertiary/aromatic N) is 4. The second-order valence-corrected chi connectivity index (χ2v) is 16.7. The molecule has 14 rings (SSSR count). The van der Waals surface area contributed by atoms with Crippen LogP contribution in [0.25, 0.3) is 106 Å². The number of rotatable bonds is 4. The standard InChI is InChI=1S/C58H34N4O/c1-4-16-35(17-5-1)55-59-56(36-18-6-2-7-19-36)61-57(60-55)37-28-29-43-52(32-37)63-51-31-30-42-44-33-45-41-24-12-15-27-49(41)62(38-20-8-3-9-21-38)50(45)34-48(44)58(54(42)53(43)51)46-25-13-10-22-39(46)40-23-11-14-26-47(40)58/h1-34H. The lowest BCUT2D eigenvalue weighted by molar-refractivity contribution is 0.668. The van der Waals surface area contributed by atoms with E-state index in [0.29, 0.717) is 17.5 Å². The SMILES string of the molecule is c1ccc(-c2nc(-c3ccccc3)nc(-c3ccc4c(c3)oc3ccc5c(c34)C3(c4ccccc4-c4ccccc43)c3cc4c(cc3-5)c3ccccc3n4-c3ccccc3)n2)cc1. The van der Waals surface area contributed by atoms with Crippen molar-refractivity contribution >= 4 is 43.7 Å². The summed E-state index contributed by atoms with van der Waals surface area (Å²) in [6, 6.07) is 73.7. The summed E-state index contributed by atoms with van der Waals surface area (Å²) >= 11 is 0. The first-order chi connectivity index (χ1) is 31.2. The van der Waals surface area contributed by atoms with E-state index in [1.165, 1.54) is 66.3 Å². The van der Waals surface area contributed by atoms with Crippen LogP contribution in [0, 0.1) is 0 Å². The Bertz CT molecular complexity index is 3750. The molecule has 63 heavy (non-hydrogen) atoms. The van der Waals surface area contributed by atoms with Gasteiger partial charge in [-0.15, -0.1) is 0 Å². The number of aromatic nitrogens is 4. The summed E-state index contributed by atoms with van der Waals surface area (Å²) in [6.07, 6.45) is 0. The summed E-state index contributed by atoms with van der Waals surface area (Å²) in [4.78, 5) is 15.1.